The van der Waals surface area contributed by atoms with Gasteiger partial charge in [0.2, 0.25) is 5.91 Å². The molecule has 0 heterocycles. The lowest BCUT2D eigenvalue weighted by atomic mass is 10.2. The molecule has 2 N–H and O–H groups in total. The van der Waals surface area contributed by atoms with E-state index in [1.165, 1.54) is 0 Å². The standard InChI is InChI=1S/C16H15BrN2O3/c1-22-12-8-6-11(7-9-12)16(21)18-10-15(20)19-14-5-3-2-4-13(14)17/h2-9H,10H2,1H3,(H,18,21)(H,19,20). The Hall–Kier alpha value is -2.34. The fourth-order valence-electron chi connectivity index (χ4n) is 1.76. The van der Waals surface area contributed by atoms with Crippen LogP contribution in [0, 0.1) is 0 Å². The zero-order chi connectivity index (χ0) is 15.9. The Morgan fingerprint density at radius 2 is 1.77 bits per heavy atom. The molecule has 6 heteroatoms. The average molecular weight is 363 g/mol. The van der Waals surface area contributed by atoms with Crippen LogP contribution in [0.15, 0.2) is 53.0 Å². The summed E-state index contributed by atoms with van der Waals surface area (Å²) in [6, 6.07) is 13.9. The van der Waals surface area contributed by atoms with Crippen LogP contribution in [0.5, 0.6) is 5.75 Å². The highest BCUT2D eigenvalue weighted by Gasteiger charge is 2.09. The van der Waals surface area contributed by atoms with Crippen molar-refractivity contribution in [2.75, 3.05) is 19.0 Å². The molecule has 0 spiro atoms. The Balaban J connectivity index is 1.87. The van der Waals surface area contributed by atoms with E-state index < -0.39 is 0 Å². The highest BCUT2D eigenvalue weighted by atomic mass is 79.9. The van der Waals surface area contributed by atoms with Crippen molar-refractivity contribution in [1.29, 1.82) is 0 Å². The molecular formula is C16H15BrN2O3. The van der Waals surface area contributed by atoms with E-state index in [0.29, 0.717) is 17.0 Å². The molecule has 0 aliphatic rings. The maximum atomic E-state index is 11.9. The zero-order valence-electron chi connectivity index (χ0n) is 11.9. The molecule has 0 aliphatic carbocycles. The van der Waals surface area contributed by atoms with E-state index in [4.69, 9.17) is 4.74 Å². The van der Waals surface area contributed by atoms with Crippen molar-refractivity contribution in [2.24, 2.45) is 0 Å². The topological polar surface area (TPSA) is 67.4 Å². The van der Waals surface area contributed by atoms with E-state index in [0.717, 1.165) is 4.47 Å². The van der Waals surface area contributed by atoms with Crippen molar-refractivity contribution < 1.29 is 14.3 Å². The first kappa shape index (κ1) is 16.0. The van der Waals surface area contributed by atoms with E-state index >= 15 is 0 Å². The van der Waals surface area contributed by atoms with Crippen LogP contribution in [0.2, 0.25) is 0 Å². The molecule has 0 aromatic heterocycles. The third kappa shape index (κ3) is 4.33. The number of benzene rings is 2. The van der Waals surface area contributed by atoms with Gasteiger partial charge in [0.05, 0.1) is 19.3 Å². The lowest BCUT2D eigenvalue weighted by Crippen LogP contribution is -2.32. The second kappa shape index (κ2) is 7.61. The second-order valence-electron chi connectivity index (χ2n) is 4.44. The van der Waals surface area contributed by atoms with Crippen molar-refractivity contribution >= 4 is 33.4 Å². The molecule has 0 saturated carbocycles. The van der Waals surface area contributed by atoms with Gasteiger partial charge in [-0.1, -0.05) is 12.1 Å². The number of hydrogen-bond donors (Lipinski definition) is 2. The number of carbonyl (C=O) groups is 2. The van der Waals surface area contributed by atoms with Gasteiger partial charge in [-0.05, 0) is 52.3 Å². The number of ether oxygens (including phenoxy) is 1. The minimum absolute atomic E-state index is 0.105. The van der Waals surface area contributed by atoms with Gasteiger partial charge in [0.1, 0.15) is 5.75 Å². The van der Waals surface area contributed by atoms with Gasteiger partial charge >= 0.3 is 0 Å². The highest BCUT2D eigenvalue weighted by Crippen LogP contribution is 2.20. The Bertz CT molecular complexity index is 671. The van der Waals surface area contributed by atoms with Crippen molar-refractivity contribution in [1.82, 2.24) is 5.32 Å². The van der Waals surface area contributed by atoms with Crippen LogP contribution in [0.3, 0.4) is 0 Å². The molecule has 22 heavy (non-hydrogen) atoms. The van der Waals surface area contributed by atoms with Gasteiger partial charge in [-0.3, -0.25) is 9.59 Å². The predicted molar refractivity (Wildman–Crippen MR) is 88.1 cm³/mol. The lowest BCUT2D eigenvalue weighted by molar-refractivity contribution is -0.115. The lowest BCUT2D eigenvalue weighted by Gasteiger charge is -2.08. The number of hydrogen-bond acceptors (Lipinski definition) is 3. The van der Waals surface area contributed by atoms with E-state index in [-0.39, 0.29) is 18.4 Å². The molecule has 0 atom stereocenters. The van der Waals surface area contributed by atoms with Gasteiger partial charge in [-0.15, -0.1) is 0 Å². The van der Waals surface area contributed by atoms with Crippen LogP contribution in [-0.4, -0.2) is 25.5 Å². The molecule has 2 amide bonds. The van der Waals surface area contributed by atoms with Crippen molar-refractivity contribution in [3.8, 4) is 5.75 Å². The summed E-state index contributed by atoms with van der Waals surface area (Å²) in [5.74, 6) is 0.0573. The third-order valence-electron chi connectivity index (χ3n) is 2.91. The normalized spacial score (nSPS) is 9.91. The number of methoxy groups -OCH3 is 1. The summed E-state index contributed by atoms with van der Waals surface area (Å²) in [6.07, 6.45) is 0. The zero-order valence-corrected chi connectivity index (χ0v) is 13.5. The summed E-state index contributed by atoms with van der Waals surface area (Å²) in [7, 11) is 1.56. The van der Waals surface area contributed by atoms with E-state index in [2.05, 4.69) is 26.6 Å². The van der Waals surface area contributed by atoms with E-state index in [1.54, 1.807) is 37.4 Å². The van der Waals surface area contributed by atoms with Crippen LogP contribution >= 0.6 is 15.9 Å². The molecule has 0 saturated heterocycles. The number of rotatable bonds is 5. The molecule has 2 rings (SSSR count). The second-order valence-corrected chi connectivity index (χ2v) is 5.29. The molecule has 2 aromatic carbocycles. The smallest absolute Gasteiger partial charge is 0.251 e. The van der Waals surface area contributed by atoms with Crippen LogP contribution in [-0.2, 0) is 4.79 Å². The van der Waals surface area contributed by atoms with E-state index in [1.807, 2.05) is 18.2 Å². The number of amides is 2. The van der Waals surface area contributed by atoms with Crippen molar-refractivity contribution in [3.05, 3.63) is 58.6 Å². The van der Waals surface area contributed by atoms with Crippen LogP contribution in [0.4, 0.5) is 5.69 Å². The molecule has 0 unspecified atom stereocenters. The summed E-state index contributed by atoms with van der Waals surface area (Å²) in [4.78, 5) is 23.8. The van der Waals surface area contributed by atoms with Crippen LogP contribution in [0.25, 0.3) is 0 Å². The number of para-hydroxylation sites is 1. The van der Waals surface area contributed by atoms with Gasteiger partial charge in [0.15, 0.2) is 0 Å². The first-order valence-corrected chi connectivity index (χ1v) is 7.36. The number of nitrogens with one attached hydrogen (secondary N) is 2. The number of halogens is 1. The Kier molecular flexibility index (Phi) is 5.55. The van der Waals surface area contributed by atoms with E-state index in [9.17, 15) is 9.59 Å². The average Bonchev–Trinajstić information content (AvgIpc) is 2.55. The van der Waals surface area contributed by atoms with Gasteiger partial charge in [0, 0.05) is 10.0 Å². The van der Waals surface area contributed by atoms with Gasteiger partial charge < -0.3 is 15.4 Å². The first-order valence-electron chi connectivity index (χ1n) is 6.57. The molecule has 2 aromatic rings. The Labute approximate surface area is 136 Å². The van der Waals surface area contributed by atoms with Crippen LogP contribution < -0.4 is 15.4 Å². The maximum absolute atomic E-state index is 11.9. The molecule has 0 bridgehead atoms. The SMILES string of the molecule is COc1ccc(C(=O)NCC(=O)Nc2ccccc2Br)cc1. The van der Waals surface area contributed by atoms with Gasteiger partial charge in [0.25, 0.3) is 5.91 Å². The number of carbonyl (C=O) groups excluding carboxylic acids is 2. The summed E-state index contributed by atoms with van der Waals surface area (Å²) in [6.45, 7) is -0.105. The van der Waals surface area contributed by atoms with Crippen molar-refractivity contribution in [3.63, 3.8) is 0 Å². The molecule has 0 fully saturated rings. The minimum Gasteiger partial charge on any atom is -0.497 e. The molecule has 0 aliphatic heterocycles. The highest BCUT2D eigenvalue weighted by molar-refractivity contribution is 9.10. The summed E-state index contributed by atoms with van der Waals surface area (Å²) < 4.78 is 5.81. The maximum Gasteiger partial charge on any atom is 0.251 e. The largest absolute Gasteiger partial charge is 0.497 e. The Morgan fingerprint density at radius 1 is 1.09 bits per heavy atom. The van der Waals surface area contributed by atoms with Crippen molar-refractivity contribution in [2.45, 2.75) is 0 Å². The molecule has 114 valence electrons. The predicted octanol–water partition coefficient (Wildman–Crippen LogP) is 2.83. The third-order valence-corrected chi connectivity index (χ3v) is 3.60. The number of anilines is 1. The molecular weight excluding hydrogens is 348 g/mol. The van der Waals surface area contributed by atoms with Crippen LogP contribution in [0.1, 0.15) is 10.4 Å². The first-order chi connectivity index (χ1) is 10.6. The molecule has 0 radical (unpaired) electrons. The fourth-order valence-corrected chi connectivity index (χ4v) is 2.15. The summed E-state index contributed by atoms with van der Waals surface area (Å²) in [5, 5.41) is 5.28. The Morgan fingerprint density at radius 3 is 2.41 bits per heavy atom. The summed E-state index contributed by atoms with van der Waals surface area (Å²) >= 11 is 3.34. The summed E-state index contributed by atoms with van der Waals surface area (Å²) in [5.41, 5.74) is 1.13. The van der Waals surface area contributed by atoms with Gasteiger partial charge in [-0.2, -0.15) is 0 Å². The monoisotopic (exact) mass is 362 g/mol. The molecule has 5 nitrogen and oxygen atoms in total. The van der Waals surface area contributed by atoms with Gasteiger partial charge in [-0.25, -0.2) is 0 Å². The minimum atomic E-state index is -0.315. The quantitative estimate of drug-likeness (QED) is 0.859. The fraction of sp³-hybridized carbons (Fsp3) is 0.125.